The van der Waals surface area contributed by atoms with Crippen LogP contribution in [0.4, 0.5) is 5.82 Å². The van der Waals surface area contributed by atoms with Crippen LogP contribution < -0.4 is 10.2 Å². The molecule has 92 valence electrons. The lowest BCUT2D eigenvalue weighted by molar-refractivity contribution is 0.584. The van der Waals surface area contributed by atoms with Gasteiger partial charge in [0.2, 0.25) is 0 Å². The number of aromatic amines is 1. The minimum absolute atomic E-state index is 0.899. The summed E-state index contributed by atoms with van der Waals surface area (Å²) in [5.74, 6) is 1.15. The number of piperazine rings is 1. The highest BCUT2D eigenvalue weighted by Crippen LogP contribution is 2.21. The Kier molecular flexibility index (Phi) is 2.04. The highest BCUT2D eigenvalue weighted by Gasteiger charge is 2.16. The number of aromatic nitrogens is 4. The minimum atomic E-state index is 0.899. The number of H-pyrrole nitrogens is 1. The van der Waals surface area contributed by atoms with Gasteiger partial charge in [0.25, 0.3) is 0 Å². The molecular formula is C12H14N6. The molecule has 3 aromatic heterocycles. The molecule has 18 heavy (non-hydrogen) atoms. The number of nitrogens with zero attached hydrogens (tertiary/aromatic N) is 4. The van der Waals surface area contributed by atoms with Gasteiger partial charge < -0.3 is 15.2 Å². The monoisotopic (exact) mass is 242 g/mol. The number of nitrogens with one attached hydrogen (secondary N) is 2. The predicted molar refractivity (Wildman–Crippen MR) is 69.9 cm³/mol. The van der Waals surface area contributed by atoms with Gasteiger partial charge in [-0.1, -0.05) is 0 Å². The van der Waals surface area contributed by atoms with E-state index in [9.17, 15) is 0 Å². The fourth-order valence-corrected chi connectivity index (χ4v) is 2.57. The van der Waals surface area contributed by atoms with E-state index in [-0.39, 0.29) is 0 Å². The van der Waals surface area contributed by atoms with Crippen molar-refractivity contribution in [3.63, 3.8) is 0 Å². The lowest BCUT2D eigenvalue weighted by Crippen LogP contribution is -2.44. The van der Waals surface area contributed by atoms with Crippen molar-refractivity contribution in [2.24, 2.45) is 0 Å². The van der Waals surface area contributed by atoms with Crippen molar-refractivity contribution in [2.45, 2.75) is 0 Å². The van der Waals surface area contributed by atoms with Gasteiger partial charge in [0.05, 0.1) is 17.9 Å². The third-order valence-electron chi connectivity index (χ3n) is 3.47. The summed E-state index contributed by atoms with van der Waals surface area (Å²) in [6, 6.07) is 2.04. The molecule has 0 saturated carbocycles. The van der Waals surface area contributed by atoms with E-state index in [0.717, 1.165) is 48.8 Å². The third-order valence-corrected chi connectivity index (χ3v) is 3.47. The quantitative estimate of drug-likeness (QED) is 0.656. The van der Waals surface area contributed by atoms with Crippen molar-refractivity contribution in [2.75, 3.05) is 31.1 Å². The highest BCUT2D eigenvalue weighted by molar-refractivity contribution is 5.77. The average molecular weight is 242 g/mol. The molecule has 3 aromatic rings. The summed E-state index contributed by atoms with van der Waals surface area (Å²) >= 11 is 0. The molecule has 2 N–H and O–H groups in total. The Morgan fingerprint density at radius 1 is 1.11 bits per heavy atom. The maximum Gasteiger partial charge on any atom is 0.157 e. The summed E-state index contributed by atoms with van der Waals surface area (Å²) in [6.45, 7) is 4.08. The van der Waals surface area contributed by atoms with Crippen molar-refractivity contribution in [1.29, 1.82) is 0 Å². The molecular weight excluding hydrogens is 228 g/mol. The van der Waals surface area contributed by atoms with Gasteiger partial charge in [-0.05, 0) is 6.07 Å². The zero-order valence-corrected chi connectivity index (χ0v) is 9.93. The van der Waals surface area contributed by atoms with Crippen molar-refractivity contribution in [3.05, 3.63) is 24.7 Å². The second-order valence-corrected chi connectivity index (χ2v) is 4.52. The molecule has 6 heteroatoms. The first-order valence-corrected chi connectivity index (χ1v) is 6.19. The summed E-state index contributed by atoms with van der Waals surface area (Å²) in [7, 11) is 0. The van der Waals surface area contributed by atoms with E-state index in [1.54, 1.807) is 0 Å². The normalized spacial score (nSPS) is 16.8. The number of imidazole rings is 1. The van der Waals surface area contributed by atoms with Crippen molar-refractivity contribution < 1.29 is 0 Å². The smallest absolute Gasteiger partial charge is 0.157 e. The van der Waals surface area contributed by atoms with Gasteiger partial charge in [0, 0.05) is 32.4 Å². The maximum atomic E-state index is 4.45. The van der Waals surface area contributed by atoms with Crippen LogP contribution in [0.5, 0.6) is 0 Å². The molecule has 1 aliphatic heterocycles. The van der Waals surface area contributed by atoms with Crippen LogP contribution >= 0.6 is 0 Å². The minimum Gasteiger partial charge on any atom is -0.354 e. The lowest BCUT2D eigenvalue weighted by atomic mass is 10.3. The van der Waals surface area contributed by atoms with Crippen LogP contribution in [0.15, 0.2) is 24.7 Å². The fraction of sp³-hybridized carbons (Fsp3) is 0.333. The van der Waals surface area contributed by atoms with E-state index in [4.69, 9.17) is 0 Å². The van der Waals surface area contributed by atoms with E-state index in [1.165, 1.54) is 0 Å². The zero-order valence-electron chi connectivity index (χ0n) is 9.93. The van der Waals surface area contributed by atoms with Crippen LogP contribution in [-0.4, -0.2) is 45.5 Å². The standard InChI is InChI=1S/C12H14N6/c1-2-14-12-9(1)18-10(7-16-12)15-8-11(18)17-5-3-13-4-6-17/h1-2,7-8,13-14H,3-6H2. The number of hydrogen-bond acceptors (Lipinski definition) is 4. The second-order valence-electron chi connectivity index (χ2n) is 4.52. The van der Waals surface area contributed by atoms with Crippen molar-refractivity contribution in [1.82, 2.24) is 24.7 Å². The lowest BCUT2D eigenvalue weighted by Gasteiger charge is -2.28. The summed E-state index contributed by atoms with van der Waals surface area (Å²) in [6.07, 6.45) is 5.66. The Bertz CT molecular complexity index is 691. The average Bonchev–Trinajstić information content (AvgIpc) is 3.05. The van der Waals surface area contributed by atoms with Crippen LogP contribution in [-0.2, 0) is 0 Å². The molecule has 0 radical (unpaired) electrons. The molecule has 6 nitrogen and oxygen atoms in total. The first-order chi connectivity index (χ1) is 8.93. The van der Waals surface area contributed by atoms with E-state index < -0.39 is 0 Å². The predicted octanol–water partition coefficient (Wildman–Crippen LogP) is 0.620. The van der Waals surface area contributed by atoms with Gasteiger partial charge in [-0.25, -0.2) is 9.97 Å². The molecule has 4 heterocycles. The fourth-order valence-electron chi connectivity index (χ4n) is 2.57. The molecule has 0 amide bonds. The molecule has 1 aliphatic rings. The SMILES string of the molecule is c1cc2c(ncc3ncc(N4CCNCC4)n32)[nH]1. The Morgan fingerprint density at radius 3 is 2.89 bits per heavy atom. The molecule has 0 unspecified atom stereocenters. The second kappa shape index (κ2) is 3.71. The van der Waals surface area contributed by atoms with Crippen LogP contribution in [0.3, 0.4) is 0 Å². The van der Waals surface area contributed by atoms with Crippen molar-refractivity contribution in [3.8, 4) is 0 Å². The molecule has 1 fully saturated rings. The van der Waals surface area contributed by atoms with E-state index in [1.807, 2.05) is 24.7 Å². The first-order valence-electron chi connectivity index (χ1n) is 6.19. The summed E-state index contributed by atoms with van der Waals surface area (Å²) in [4.78, 5) is 14.3. The van der Waals surface area contributed by atoms with Crippen LogP contribution in [0.2, 0.25) is 0 Å². The largest absolute Gasteiger partial charge is 0.354 e. The number of anilines is 1. The van der Waals surface area contributed by atoms with Crippen LogP contribution in [0.25, 0.3) is 16.8 Å². The third kappa shape index (κ3) is 1.32. The molecule has 0 spiro atoms. The Hall–Kier alpha value is -2.08. The molecule has 0 aromatic carbocycles. The molecule has 0 aliphatic carbocycles. The van der Waals surface area contributed by atoms with Crippen LogP contribution in [0, 0.1) is 0 Å². The van der Waals surface area contributed by atoms with Gasteiger partial charge in [-0.2, -0.15) is 0 Å². The first kappa shape index (κ1) is 9.90. The number of fused-ring (bicyclic) bond motifs is 3. The van der Waals surface area contributed by atoms with E-state index >= 15 is 0 Å². The Balaban J connectivity index is 1.96. The summed E-state index contributed by atoms with van der Waals surface area (Å²) in [5.41, 5.74) is 2.88. The summed E-state index contributed by atoms with van der Waals surface area (Å²) < 4.78 is 2.17. The maximum absolute atomic E-state index is 4.45. The highest BCUT2D eigenvalue weighted by atomic mass is 15.3. The van der Waals surface area contributed by atoms with Crippen LogP contribution in [0.1, 0.15) is 0 Å². The number of rotatable bonds is 1. The zero-order chi connectivity index (χ0) is 11.9. The topological polar surface area (TPSA) is 61.3 Å². The van der Waals surface area contributed by atoms with Gasteiger partial charge in [-0.15, -0.1) is 0 Å². The molecule has 4 rings (SSSR count). The Morgan fingerprint density at radius 2 is 2.00 bits per heavy atom. The van der Waals surface area contributed by atoms with Gasteiger partial charge in [-0.3, -0.25) is 4.40 Å². The van der Waals surface area contributed by atoms with E-state index in [2.05, 4.69) is 29.6 Å². The summed E-state index contributed by atoms with van der Waals surface area (Å²) in [5, 5.41) is 3.37. The van der Waals surface area contributed by atoms with Gasteiger partial charge >= 0.3 is 0 Å². The molecule has 1 saturated heterocycles. The van der Waals surface area contributed by atoms with Crippen molar-refractivity contribution >= 4 is 22.6 Å². The van der Waals surface area contributed by atoms with Gasteiger partial charge in [0.1, 0.15) is 5.82 Å². The number of hydrogen-bond donors (Lipinski definition) is 2. The molecule has 0 bridgehead atoms. The molecule has 0 atom stereocenters. The Labute approximate surface area is 104 Å². The van der Waals surface area contributed by atoms with E-state index in [0.29, 0.717) is 0 Å². The van der Waals surface area contributed by atoms with Gasteiger partial charge in [0.15, 0.2) is 11.3 Å².